The van der Waals surface area contributed by atoms with Gasteiger partial charge in [0, 0.05) is 0 Å². The van der Waals surface area contributed by atoms with Gasteiger partial charge in [0.15, 0.2) is 0 Å². The fourth-order valence-corrected chi connectivity index (χ4v) is 0. The van der Waals surface area contributed by atoms with Gasteiger partial charge in [0.25, 0.3) is 0 Å². The predicted octanol–water partition coefficient (Wildman–Crippen LogP) is -2.21. The van der Waals surface area contributed by atoms with Crippen molar-refractivity contribution in [2.24, 2.45) is 0 Å². The second-order valence-corrected chi connectivity index (χ2v) is 0.612. The van der Waals surface area contributed by atoms with E-state index in [9.17, 15) is 0 Å². The molecule has 0 heterocycles. The van der Waals surface area contributed by atoms with Crippen LogP contribution in [0.25, 0.3) is 0 Å². The summed E-state index contributed by atoms with van der Waals surface area (Å²) in [6.45, 7) is 0. The molecular weight excluding hydrogens is 120 g/mol. The van der Waals surface area contributed by atoms with Gasteiger partial charge in [-0.15, -0.1) is 11.4 Å². The maximum atomic E-state index is 8.44. The molecule has 0 radical (unpaired) electrons. The van der Waals surface area contributed by atoms with Crippen LogP contribution in [0.2, 0.25) is 0 Å². The van der Waals surface area contributed by atoms with Crippen molar-refractivity contribution in [3.8, 4) is 0 Å². The molecule has 0 spiro atoms. The van der Waals surface area contributed by atoms with Crippen LogP contribution in [-0.4, -0.2) is 41.8 Å². The van der Waals surface area contributed by atoms with E-state index in [2.05, 4.69) is 0 Å². The SMILES string of the molecule is O.O=S([O-])[O-].[Mg+2]. The molecule has 0 aromatic heterocycles. The molecule has 0 unspecified atom stereocenters. The Morgan fingerprint density at radius 1 is 1.33 bits per heavy atom. The molecule has 0 aliphatic rings. The van der Waals surface area contributed by atoms with E-state index in [0.29, 0.717) is 0 Å². The summed E-state index contributed by atoms with van der Waals surface area (Å²) in [4.78, 5) is 0. The van der Waals surface area contributed by atoms with Crippen LogP contribution in [0.15, 0.2) is 0 Å². The quantitative estimate of drug-likeness (QED) is 0.269. The Hall–Kier alpha value is 0.796. The van der Waals surface area contributed by atoms with Gasteiger partial charge in [-0.05, 0) is 0 Å². The molecule has 6 heteroatoms. The van der Waals surface area contributed by atoms with E-state index < -0.39 is 11.4 Å². The Morgan fingerprint density at radius 3 is 1.33 bits per heavy atom. The van der Waals surface area contributed by atoms with Gasteiger partial charge in [-0.3, -0.25) is 4.21 Å². The third kappa shape index (κ3) is 109. The van der Waals surface area contributed by atoms with Crippen molar-refractivity contribution in [1.82, 2.24) is 0 Å². The molecule has 2 N–H and O–H groups in total. The van der Waals surface area contributed by atoms with Crippen molar-refractivity contribution in [3.05, 3.63) is 0 Å². The maximum absolute atomic E-state index is 8.44. The third-order valence-electron chi connectivity index (χ3n) is 0. The monoisotopic (exact) mass is 122 g/mol. The van der Waals surface area contributed by atoms with E-state index in [1.165, 1.54) is 0 Å². The van der Waals surface area contributed by atoms with Crippen molar-refractivity contribution in [2.45, 2.75) is 0 Å². The van der Waals surface area contributed by atoms with Gasteiger partial charge in [-0.1, -0.05) is 0 Å². The van der Waals surface area contributed by atoms with Crippen LogP contribution in [0.3, 0.4) is 0 Å². The second-order valence-electron chi connectivity index (χ2n) is 0.204. The van der Waals surface area contributed by atoms with Gasteiger partial charge in [0.2, 0.25) is 0 Å². The van der Waals surface area contributed by atoms with Crippen LogP contribution >= 0.6 is 0 Å². The smallest absolute Gasteiger partial charge is 0.784 e. The molecule has 0 saturated heterocycles. The first-order chi connectivity index (χ1) is 1.73. The largest absolute Gasteiger partial charge is 2.00 e. The van der Waals surface area contributed by atoms with Gasteiger partial charge in [0.05, 0.1) is 0 Å². The topological polar surface area (TPSA) is 94.7 Å². The van der Waals surface area contributed by atoms with Gasteiger partial charge in [0.1, 0.15) is 0 Å². The molecule has 0 aromatic carbocycles. The molecular formula is H2MgO4S. The molecule has 0 atom stereocenters. The number of hydrogen-bond donors (Lipinski definition) is 0. The van der Waals surface area contributed by atoms with Gasteiger partial charge >= 0.3 is 23.1 Å². The number of rotatable bonds is 0. The molecule has 0 fully saturated rings. The molecule has 34 valence electrons. The summed E-state index contributed by atoms with van der Waals surface area (Å²) in [5.41, 5.74) is 0. The summed E-state index contributed by atoms with van der Waals surface area (Å²) in [6, 6.07) is 0. The maximum Gasteiger partial charge on any atom is 2.00 e. The Labute approximate surface area is 53.5 Å². The van der Waals surface area contributed by atoms with Gasteiger partial charge < -0.3 is 14.6 Å². The molecule has 0 amide bonds. The Morgan fingerprint density at radius 2 is 1.33 bits per heavy atom. The summed E-state index contributed by atoms with van der Waals surface area (Å²) < 4.78 is 25.3. The first-order valence-electron chi connectivity index (χ1n) is 0.500. The van der Waals surface area contributed by atoms with E-state index in [0.717, 1.165) is 0 Å². The fourth-order valence-electron chi connectivity index (χ4n) is 0. The molecule has 0 aromatic rings. The molecule has 0 rings (SSSR count). The Kier molecular flexibility index (Phi) is 24.4. The van der Waals surface area contributed by atoms with Crippen molar-refractivity contribution < 1.29 is 18.8 Å². The minimum Gasteiger partial charge on any atom is -0.784 e. The summed E-state index contributed by atoms with van der Waals surface area (Å²) in [6.07, 6.45) is 0. The average molecular weight is 122 g/mol. The molecule has 0 aliphatic heterocycles. The predicted molar refractivity (Wildman–Crippen MR) is 19.1 cm³/mol. The van der Waals surface area contributed by atoms with E-state index >= 15 is 0 Å². The zero-order chi connectivity index (χ0) is 3.58. The Balaban J connectivity index is -0.0000000450. The van der Waals surface area contributed by atoms with Crippen molar-refractivity contribution in [3.63, 3.8) is 0 Å². The van der Waals surface area contributed by atoms with Crippen LogP contribution in [0.5, 0.6) is 0 Å². The van der Waals surface area contributed by atoms with Crippen LogP contribution in [0.1, 0.15) is 0 Å². The normalized spacial score (nSPS) is 5.83. The summed E-state index contributed by atoms with van der Waals surface area (Å²) >= 11 is -3.11. The average Bonchev–Trinajstić information content (AvgIpc) is 0.811. The minimum atomic E-state index is -3.11. The van der Waals surface area contributed by atoms with E-state index in [4.69, 9.17) is 13.3 Å². The van der Waals surface area contributed by atoms with E-state index in [-0.39, 0.29) is 28.5 Å². The zero-order valence-corrected chi connectivity index (χ0v) is 5.07. The van der Waals surface area contributed by atoms with Crippen molar-refractivity contribution in [1.29, 1.82) is 0 Å². The van der Waals surface area contributed by atoms with Crippen LogP contribution in [0, 0.1) is 0 Å². The Bertz CT molecular complexity index is 30.5. The van der Waals surface area contributed by atoms with Crippen molar-refractivity contribution >= 4 is 34.4 Å². The van der Waals surface area contributed by atoms with Crippen LogP contribution < -0.4 is 0 Å². The molecule has 4 nitrogen and oxygen atoms in total. The summed E-state index contributed by atoms with van der Waals surface area (Å²) in [7, 11) is 0. The molecule has 0 aliphatic carbocycles. The summed E-state index contributed by atoms with van der Waals surface area (Å²) in [5.74, 6) is 0. The standard InChI is InChI=1S/Mg.H2O3S.H2O/c;1-4(2)3;/h;(H2,1,2,3);1H2/q+2;;/p-2. The van der Waals surface area contributed by atoms with Crippen LogP contribution in [-0.2, 0) is 11.4 Å². The van der Waals surface area contributed by atoms with Gasteiger partial charge in [-0.25, -0.2) is 0 Å². The molecule has 0 saturated carbocycles. The van der Waals surface area contributed by atoms with E-state index in [1.807, 2.05) is 0 Å². The first-order valence-corrected chi connectivity index (χ1v) is 1.50. The first kappa shape index (κ1) is 15.8. The fraction of sp³-hybridized carbons (Fsp3) is 0. The number of hydrogen-bond acceptors (Lipinski definition) is 3. The molecule has 0 bridgehead atoms. The minimum absolute atomic E-state index is 0. The second kappa shape index (κ2) is 9.25. The molecule has 6 heavy (non-hydrogen) atoms. The van der Waals surface area contributed by atoms with Crippen LogP contribution in [0.4, 0.5) is 0 Å². The summed E-state index contributed by atoms with van der Waals surface area (Å²) in [5, 5.41) is 0. The van der Waals surface area contributed by atoms with Crippen molar-refractivity contribution in [2.75, 3.05) is 0 Å². The van der Waals surface area contributed by atoms with Gasteiger partial charge in [-0.2, -0.15) is 0 Å². The zero-order valence-electron chi connectivity index (χ0n) is 2.84. The van der Waals surface area contributed by atoms with E-state index in [1.54, 1.807) is 0 Å². The third-order valence-corrected chi connectivity index (χ3v) is 0.